The van der Waals surface area contributed by atoms with Crippen LogP contribution in [0.3, 0.4) is 0 Å². The van der Waals surface area contributed by atoms with E-state index in [1.165, 1.54) is 18.5 Å². The Kier molecular flexibility index (Phi) is 5.93. The average Bonchev–Trinajstić information content (AvgIpc) is 3.04. The molecule has 0 radical (unpaired) electrons. The van der Waals surface area contributed by atoms with Crippen molar-refractivity contribution >= 4 is 29.1 Å². The molecule has 8 heteroatoms. The number of carbonyl (C=O) groups is 2. The Balaban J connectivity index is 1.50. The van der Waals surface area contributed by atoms with Crippen molar-refractivity contribution in [1.29, 1.82) is 0 Å². The highest BCUT2D eigenvalue weighted by molar-refractivity contribution is 6.31. The smallest absolute Gasteiger partial charge is 0.261 e. The van der Waals surface area contributed by atoms with Crippen molar-refractivity contribution in [3.8, 4) is 11.5 Å². The van der Waals surface area contributed by atoms with Crippen LogP contribution in [0, 0.1) is 0 Å². The van der Waals surface area contributed by atoms with Crippen molar-refractivity contribution in [1.82, 2.24) is 15.3 Å². The van der Waals surface area contributed by atoms with Gasteiger partial charge in [0.2, 0.25) is 0 Å². The second-order valence-corrected chi connectivity index (χ2v) is 8.07. The first-order chi connectivity index (χ1) is 16.6. The third-order valence-electron chi connectivity index (χ3n) is 5.43. The molecule has 1 N–H and O–H groups in total. The van der Waals surface area contributed by atoms with Gasteiger partial charge in [-0.15, -0.1) is 0 Å². The van der Waals surface area contributed by atoms with Crippen LogP contribution in [0.25, 0.3) is 0 Å². The predicted octanol–water partition coefficient (Wildman–Crippen LogP) is 5.01. The lowest BCUT2D eigenvalue weighted by Crippen LogP contribution is -2.33. The summed E-state index contributed by atoms with van der Waals surface area (Å²) in [5.41, 5.74) is 2.44. The fraction of sp³-hybridized carbons (Fsp3) is 0.0769. The van der Waals surface area contributed by atoms with Gasteiger partial charge in [0, 0.05) is 29.2 Å². The van der Waals surface area contributed by atoms with Gasteiger partial charge in [-0.1, -0.05) is 35.9 Å². The maximum absolute atomic E-state index is 13.8. The van der Waals surface area contributed by atoms with E-state index < -0.39 is 5.91 Å². The molecular weight excluding hydrogens is 452 g/mol. The fourth-order valence-corrected chi connectivity index (χ4v) is 3.92. The van der Waals surface area contributed by atoms with Crippen molar-refractivity contribution in [2.75, 3.05) is 4.90 Å². The molecular formula is C26H19ClN4O3. The predicted molar refractivity (Wildman–Crippen MR) is 128 cm³/mol. The molecule has 168 valence electrons. The summed E-state index contributed by atoms with van der Waals surface area (Å²) in [6.07, 6.45) is 4.54. The van der Waals surface area contributed by atoms with Crippen molar-refractivity contribution in [2.45, 2.75) is 13.1 Å². The fourth-order valence-electron chi connectivity index (χ4n) is 3.75. The molecule has 1 aliphatic rings. The quantitative estimate of drug-likeness (QED) is 0.453. The van der Waals surface area contributed by atoms with Crippen LogP contribution in [0.4, 0.5) is 5.69 Å². The van der Waals surface area contributed by atoms with E-state index in [0.717, 1.165) is 5.56 Å². The SMILES string of the molecule is O=C(NCc1ccccn1)c1ccncc1C(=O)N1Cc2ccccc2Oc2ccc(Cl)cc21. The normalized spacial score (nSPS) is 12.1. The maximum atomic E-state index is 13.8. The largest absolute Gasteiger partial charge is 0.455 e. The summed E-state index contributed by atoms with van der Waals surface area (Å²) in [4.78, 5) is 36.7. The molecule has 0 atom stereocenters. The topological polar surface area (TPSA) is 84.4 Å². The van der Waals surface area contributed by atoms with E-state index in [0.29, 0.717) is 27.9 Å². The van der Waals surface area contributed by atoms with Crippen molar-refractivity contribution in [3.63, 3.8) is 0 Å². The van der Waals surface area contributed by atoms with Gasteiger partial charge in [-0.05, 0) is 42.5 Å². The number of aromatic nitrogens is 2. The molecule has 2 aromatic carbocycles. The summed E-state index contributed by atoms with van der Waals surface area (Å²) in [6.45, 7) is 0.477. The Morgan fingerprint density at radius 2 is 1.82 bits per heavy atom. The van der Waals surface area contributed by atoms with Crippen LogP contribution in [0.1, 0.15) is 32.0 Å². The Hall–Kier alpha value is -4.23. The highest BCUT2D eigenvalue weighted by Crippen LogP contribution is 2.41. The Morgan fingerprint density at radius 3 is 2.68 bits per heavy atom. The number of fused-ring (bicyclic) bond motifs is 2. The molecule has 34 heavy (non-hydrogen) atoms. The minimum absolute atomic E-state index is 0.173. The van der Waals surface area contributed by atoms with Gasteiger partial charge in [-0.3, -0.25) is 19.6 Å². The van der Waals surface area contributed by atoms with Crippen molar-refractivity contribution < 1.29 is 14.3 Å². The standard InChI is InChI=1S/C26H19ClN4O3/c27-18-8-9-24-22(13-18)31(16-17-5-1-2-7-23(17)34-24)26(33)21-15-28-12-10-20(21)25(32)30-14-19-6-3-4-11-29-19/h1-13,15H,14,16H2,(H,30,32). The Morgan fingerprint density at radius 1 is 0.971 bits per heavy atom. The van der Waals surface area contributed by atoms with Gasteiger partial charge in [0.1, 0.15) is 5.75 Å². The van der Waals surface area contributed by atoms with Gasteiger partial charge in [0.25, 0.3) is 11.8 Å². The zero-order chi connectivity index (χ0) is 23.5. The summed E-state index contributed by atoms with van der Waals surface area (Å²) in [5, 5.41) is 3.29. The summed E-state index contributed by atoms with van der Waals surface area (Å²) >= 11 is 6.26. The number of nitrogens with zero attached hydrogens (tertiary/aromatic N) is 3. The zero-order valence-corrected chi connectivity index (χ0v) is 18.7. The van der Waals surface area contributed by atoms with E-state index in [4.69, 9.17) is 16.3 Å². The molecule has 0 fully saturated rings. The molecule has 0 aliphatic carbocycles. The lowest BCUT2D eigenvalue weighted by atomic mass is 10.1. The van der Waals surface area contributed by atoms with Gasteiger partial charge in [-0.2, -0.15) is 0 Å². The summed E-state index contributed by atoms with van der Waals surface area (Å²) < 4.78 is 6.08. The molecule has 5 rings (SSSR count). The molecule has 0 unspecified atom stereocenters. The number of anilines is 1. The lowest BCUT2D eigenvalue weighted by Gasteiger charge is -2.23. The average molecular weight is 471 g/mol. The number of carbonyl (C=O) groups excluding carboxylic acids is 2. The lowest BCUT2D eigenvalue weighted by molar-refractivity contribution is 0.0930. The number of amides is 2. The van der Waals surface area contributed by atoms with E-state index in [9.17, 15) is 9.59 Å². The van der Waals surface area contributed by atoms with Gasteiger partial charge in [-0.25, -0.2) is 0 Å². The van der Waals surface area contributed by atoms with Crippen LogP contribution in [-0.4, -0.2) is 21.8 Å². The van der Waals surface area contributed by atoms with Crippen LogP contribution >= 0.6 is 11.6 Å². The van der Waals surface area contributed by atoms with E-state index in [1.54, 1.807) is 35.4 Å². The second-order valence-electron chi connectivity index (χ2n) is 7.64. The van der Waals surface area contributed by atoms with E-state index in [1.807, 2.05) is 36.4 Å². The van der Waals surface area contributed by atoms with E-state index in [-0.39, 0.29) is 30.1 Å². The van der Waals surface area contributed by atoms with Crippen molar-refractivity contribution in [3.05, 3.63) is 113 Å². The van der Waals surface area contributed by atoms with Gasteiger partial charge < -0.3 is 15.0 Å². The molecule has 3 heterocycles. The number of benzene rings is 2. The monoisotopic (exact) mass is 470 g/mol. The van der Waals surface area contributed by atoms with Crippen LogP contribution in [0.2, 0.25) is 5.02 Å². The summed E-state index contributed by atoms with van der Waals surface area (Å²) in [6, 6.07) is 19.6. The second kappa shape index (κ2) is 9.33. The molecule has 4 aromatic rings. The number of pyridine rings is 2. The number of halogens is 1. The van der Waals surface area contributed by atoms with Gasteiger partial charge in [0.05, 0.1) is 35.6 Å². The number of rotatable bonds is 4. The van der Waals surface area contributed by atoms with Crippen LogP contribution in [-0.2, 0) is 13.1 Å². The van der Waals surface area contributed by atoms with Crippen molar-refractivity contribution in [2.24, 2.45) is 0 Å². The summed E-state index contributed by atoms with van der Waals surface area (Å²) in [5.74, 6) is 0.364. The van der Waals surface area contributed by atoms with Crippen LogP contribution < -0.4 is 15.0 Å². The minimum Gasteiger partial charge on any atom is -0.455 e. The molecule has 2 aromatic heterocycles. The third-order valence-corrected chi connectivity index (χ3v) is 5.67. The third kappa shape index (κ3) is 4.33. The molecule has 2 amide bonds. The summed E-state index contributed by atoms with van der Waals surface area (Å²) in [7, 11) is 0. The number of para-hydroxylation sites is 1. The molecule has 0 saturated carbocycles. The van der Waals surface area contributed by atoms with Gasteiger partial charge in [0.15, 0.2) is 5.75 Å². The Labute approximate surface area is 201 Å². The molecule has 0 spiro atoms. The van der Waals surface area contributed by atoms with Crippen LogP contribution in [0.5, 0.6) is 11.5 Å². The number of nitrogens with one attached hydrogen (secondary N) is 1. The number of ether oxygens (including phenoxy) is 1. The molecule has 7 nitrogen and oxygen atoms in total. The minimum atomic E-state index is -0.394. The number of hydrogen-bond acceptors (Lipinski definition) is 5. The highest BCUT2D eigenvalue weighted by atomic mass is 35.5. The maximum Gasteiger partial charge on any atom is 0.261 e. The molecule has 0 saturated heterocycles. The van der Waals surface area contributed by atoms with E-state index >= 15 is 0 Å². The first kappa shape index (κ1) is 21.6. The first-order valence-corrected chi connectivity index (χ1v) is 11.0. The zero-order valence-electron chi connectivity index (χ0n) is 17.9. The molecule has 0 bridgehead atoms. The Bertz CT molecular complexity index is 1380. The van der Waals surface area contributed by atoms with Crippen LogP contribution in [0.15, 0.2) is 85.3 Å². The first-order valence-electron chi connectivity index (χ1n) is 10.6. The molecule has 1 aliphatic heterocycles. The van der Waals surface area contributed by atoms with E-state index in [2.05, 4.69) is 15.3 Å². The highest BCUT2D eigenvalue weighted by Gasteiger charge is 2.29. The number of hydrogen-bond donors (Lipinski definition) is 1. The van der Waals surface area contributed by atoms with Gasteiger partial charge >= 0.3 is 0 Å².